The van der Waals surface area contributed by atoms with E-state index in [0.29, 0.717) is 11.4 Å². The molecule has 1 amide bonds. The van der Waals surface area contributed by atoms with Crippen molar-refractivity contribution in [2.24, 2.45) is 5.92 Å². The van der Waals surface area contributed by atoms with Crippen molar-refractivity contribution in [2.75, 3.05) is 5.32 Å². The fraction of sp³-hybridized carbons (Fsp3) is 0.308. The van der Waals surface area contributed by atoms with Gasteiger partial charge >= 0.3 is 0 Å². The van der Waals surface area contributed by atoms with E-state index in [0.717, 1.165) is 19.3 Å². The molecule has 1 aromatic heterocycles. The van der Waals surface area contributed by atoms with Crippen molar-refractivity contribution < 1.29 is 9.72 Å². The fourth-order valence-electron chi connectivity index (χ4n) is 2.10. The number of benzene rings is 1. The van der Waals surface area contributed by atoms with Gasteiger partial charge in [0, 0.05) is 23.6 Å². The molecule has 0 atom stereocenters. The highest BCUT2D eigenvalue weighted by Crippen LogP contribution is 2.27. The van der Waals surface area contributed by atoms with Crippen molar-refractivity contribution in [3.05, 3.63) is 34.4 Å². The Morgan fingerprint density at radius 2 is 2.24 bits per heavy atom. The van der Waals surface area contributed by atoms with Crippen LogP contribution in [0, 0.1) is 16.0 Å². The summed E-state index contributed by atoms with van der Waals surface area (Å²) in [5, 5.41) is 20.0. The van der Waals surface area contributed by atoms with Gasteiger partial charge in [0.1, 0.15) is 0 Å². The normalized spacial score (nSPS) is 14.5. The lowest BCUT2D eigenvalue weighted by Crippen LogP contribution is -2.28. The van der Waals surface area contributed by atoms with Gasteiger partial charge in [-0.2, -0.15) is 4.98 Å². The number of nitrogens with one attached hydrogen (secondary N) is 2. The predicted octanol–water partition coefficient (Wildman–Crippen LogP) is 2.12. The van der Waals surface area contributed by atoms with Gasteiger partial charge in [0.2, 0.25) is 11.9 Å². The van der Waals surface area contributed by atoms with Gasteiger partial charge in [-0.25, -0.2) is 0 Å². The maximum atomic E-state index is 11.8. The van der Waals surface area contributed by atoms with Crippen LogP contribution in [0.5, 0.6) is 0 Å². The van der Waals surface area contributed by atoms with Gasteiger partial charge in [-0.3, -0.25) is 25.3 Å². The third kappa shape index (κ3) is 2.73. The van der Waals surface area contributed by atoms with E-state index >= 15 is 0 Å². The van der Waals surface area contributed by atoms with Crippen LogP contribution in [0.3, 0.4) is 0 Å². The summed E-state index contributed by atoms with van der Waals surface area (Å²) in [5.74, 6) is 0.534. The van der Waals surface area contributed by atoms with Crippen LogP contribution in [0.1, 0.15) is 19.3 Å². The number of amides is 1. The summed E-state index contributed by atoms with van der Waals surface area (Å²) in [4.78, 5) is 26.2. The predicted molar refractivity (Wildman–Crippen MR) is 74.4 cm³/mol. The second kappa shape index (κ2) is 5.31. The molecule has 0 unspecified atom stereocenters. The molecule has 1 aliphatic carbocycles. The molecule has 1 fully saturated rings. The van der Waals surface area contributed by atoms with E-state index in [1.54, 1.807) is 12.1 Å². The number of carbonyl (C=O) groups excluding carboxylic acids is 1. The number of rotatable bonds is 4. The smallest absolute Gasteiger partial charge is 0.270 e. The average molecular weight is 287 g/mol. The third-order valence-electron chi connectivity index (χ3n) is 3.53. The van der Waals surface area contributed by atoms with E-state index in [4.69, 9.17) is 0 Å². The number of hydrogen-bond donors (Lipinski definition) is 2. The van der Waals surface area contributed by atoms with Crippen molar-refractivity contribution in [2.45, 2.75) is 19.3 Å². The molecule has 0 saturated heterocycles. The van der Waals surface area contributed by atoms with Crippen LogP contribution < -0.4 is 5.32 Å². The molecule has 0 bridgehead atoms. The lowest BCUT2D eigenvalue weighted by molar-refractivity contribution is -0.384. The maximum Gasteiger partial charge on any atom is 0.270 e. The molecular formula is C13H13N5O3. The highest BCUT2D eigenvalue weighted by molar-refractivity contribution is 5.91. The van der Waals surface area contributed by atoms with Crippen molar-refractivity contribution in [3.63, 3.8) is 0 Å². The van der Waals surface area contributed by atoms with E-state index in [9.17, 15) is 14.9 Å². The molecule has 8 heteroatoms. The summed E-state index contributed by atoms with van der Waals surface area (Å²) < 4.78 is 0. The summed E-state index contributed by atoms with van der Waals surface area (Å²) in [6.07, 6.45) is 2.87. The van der Waals surface area contributed by atoms with E-state index in [1.807, 2.05) is 0 Å². The Labute approximate surface area is 119 Å². The first-order chi connectivity index (χ1) is 10.1. The summed E-state index contributed by atoms with van der Waals surface area (Å²) in [6.45, 7) is 0. The summed E-state index contributed by atoms with van der Waals surface area (Å²) in [7, 11) is 0. The minimum Gasteiger partial charge on any atom is -0.293 e. The molecule has 21 heavy (non-hydrogen) atoms. The summed E-state index contributed by atoms with van der Waals surface area (Å²) in [6, 6.07) is 6.06. The lowest BCUT2D eigenvalue weighted by atomic mass is 9.85. The zero-order valence-electron chi connectivity index (χ0n) is 11.1. The molecule has 3 rings (SSSR count). The zero-order valence-corrected chi connectivity index (χ0v) is 11.1. The van der Waals surface area contributed by atoms with Gasteiger partial charge in [-0.15, -0.1) is 5.10 Å². The molecule has 2 aromatic rings. The number of H-pyrrole nitrogens is 1. The number of aromatic amines is 1. The zero-order chi connectivity index (χ0) is 14.8. The molecule has 0 spiro atoms. The first kappa shape index (κ1) is 13.2. The number of non-ortho nitro benzene ring substituents is 1. The minimum absolute atomic E-state index is 0.0241. The maximum absolute atomic E-state index is 11.8. The molecule has 0 aliphatic heterocycles. The second-order valence-corrected chi connectivity index (χ2v) is 4.93. The van der Waals surface area contributed by atoms with Crippen LogP contribution in [0.15, 0.2) is 24.3 Å². The van der Waals surface area contributed by atoms with Crippen molar-refractivity contribution in [1.29, 1.82) is 0 Å². The second-order valence-electron chi connectivity index (χ2n) is 4.93. The minimum atomic E-state index is -0.473. The van der Waals surface area contributed by atoms with Crippen LogP contribution in [0.2, 0.25) is 0 Å². The van der Waals surface area contributed by atoms with E-state index in [1.165, 1.54) is 12.1 Å². The fourth-order valence-corrected chi connectivity index (χ4v) is 2.10. The number of hydrogen-bond acceptors (Lipinski definition) is 5. The summed E-state index contributed by atoms with van der Waals surface area (Å²) in [5.41, 5.74) is 0.518. The van der Waals surface area contributed by atoms with Crippen molar-refractivity contribution in [3.8, 4) is 11.4 Å². The molecule has 1 saturated carbocycles. The first-order valence-electron chi connectivity index (χ1n) is 6.61. The van der Waals surface area contributed by atoms with Gasteiger partial charge < -0.3 is 0 Å². The van der Waals surface area contributed by atoms with Crippen LogP contribution in [0.25, 0.3) is 11.4 Å². The van der Waals surface area contributed by atoms with Crippen LogP contribution in [-0.2, 0) is 4.79 Å². The Bertz CT molecular complexity index is 693. The van der Waals surface area contributed by atoms with Crippen molar-refractivity contribution >= 4 is 17.5 Å². The quantitative estimate of drug-likeness (QED) is 0.660. The Morgan fingerprint density at radius 1 is 1.43 bits per heavy atom. The number of anilines is 1. The highest BCUT2D eigenvalue weighted by atomic mass is 16.6. The van der Waals surface area contributed by atoms with Gasteiger partial charge in [0.25, 0.3) is 5.69 Å². The Kier molecular flexibility index (Phi) is 3.35. The third-order valence-corrected chi connectivity index (χ3v) is 3.53. The number of aromatic nitrogens is 3. The molecular weight excluding hydrogens is 274 g/mol. The molecule has 108 valence electrons. The van der Waals surface area contributed by atoms with Gasteiger partial charge in [0.15, 0.2) is 5.82 Å². The number of carbonyl (C=O) groups is 1. The van der Waals surface area contributed by atoms with E-state index < -0.39 is 4.92 Å². The average Bonchev–Trinajstić information content (AvgIpc) is 2.85. The molecule has 1 aromatic carbocycles. The molecule has 1 heterocycles. The Hall–Kier alpha value is -2.77. The van der Waals surface area contributed by atoms with E-state index in [-0.39, 0.29) is 23.5 Å². The number of nitro groups is 1. The molecule has 0 radical (unpaired) electrons. The van der Waals surface area contributed by atoms with Gasteiger partial charge in [0.05, 0.1) is 4.92 Å². The van der Waals surface area contributed by atoms with Crippen LogP contribution in [-0.4, -0.2) is 26.0 Å². The van der Waals surface area contributed by atoms with Gasteiger partial charge in [-0.05, 0) is 12.8 Å². The van der Waals surface area contributed by atoms with E-state index in [2.05, 4.69) is 20.5 Å². The highest BCUT2D eigenvalue weighted by Gasteiger charge is 2.26. The van der Waals surface area contributed by atoms with Crippen LogP contribution in [0.4, 0.5) is 11.6 Å². The molecule has 8 nitrogen and oxygen atoms in total. The standard InChI is InChI=1S/C13H13N5O3/c19-12(8-3-1-4-8)15-13-14-11(16-17-13)9-5-2-6-10(7-9)18(20)21/h2,5-8H,1,3-4H2,(H2,14,15,16,17,19). The largest absolute Gasteiger partial charge is 0.293 e. The molecule has 1 aliphatic rings. The Morgan fingerprint density at radius 3 is 2.90 bits per heavy atom. The van der Waals surface area contributed by atoms with Crippen molar-refractivity contribution in [1.82, 2.24) is 15.2 Å². The Balaban J connectivity index is 1.76. The first-order valence-corrected chi connectivity index (χ1v) is 6.61. The SMILES string of the molecule is O=C(Nc1n[nH]c(-c2cccc([N+](=O)[O-])c2)n1)C1CCC1. The monoisotopic (exact) mass is 287 g/mol. The van der Waals surface area contributed by atoms with Crippen LogP contribution >= 0.6 is 0 Å². The molecule has 2 N–H and O–H groups in total. The number of nitro benzene ring substituents is 1. The number of nitrogens with zero attached hydrogens (tertiary/aromatic N) is 3. The summed E-state index contributed by atoms with van der Waals surface area (Å²) >= 11 is 0. The van der Waals surface area contributed by atoms with Gasteiger partial charge in [-0.1, -0.05) is 18.6 Å². The lowest BCUT2D eigenvalue weighted by Gasteiger charge is -2.23. The topological polar surface area (TPSA) is 114 Å².